The molecule has 6 rings (SSSR count). The van der Waals surface area contributed by atoms with Crippen molar-refractivity contribution in [3.8, 4) is 22.4 Å². The number of likely N-dealkylation sites (tertiary alicyclic amines) is 1. The third-order valence-electron chi connectivity index (χ3n) is 8.84. The summed E-state index contributed by atoms with van der Waals surface area (Å²) >= 11 is 1.64. The first kappa shape index (κ1) is 28.1. The first-order chi connectivity index (χ1) is 19.7. The third kappa shape index (κ3) is 5.70. The van der Waals surface area contributed by atoms with Gasteiger partial charge in [0.25, 0.3) is 5.91 Å². The molecule has 0 unspecified atom stereocenters. The van der Waals surface area contributed by atoms with E-state index in [-0.39, 0.29) is 23.1 Å². The third-order valence-corrected chi connectivity index (χ3v) is 10.2. The van der Waals surface area contributed by atoms with Gasteiger partial charge in [-0.1, -0.05) is 26.0 Å². The standard InChI is InChI=1S/C33H40N4O3S/c1-33(2)20-26-29(32(37-14-16-40-17-15-37)41-30(26)28(38)21-33)23-8-11-34-27(19-23)22-6-5-7-24(18-22)31(39)36(4)25-9-12-35(3)13-10-25/h5-8,11,18-19,25H,9-10,12-17,20-21H2,1-4H3. The number of rotatable bonds is 5. The Morgan fingerprint density at radius 2 is 1.80 bits per heavy atom. The summed E-state index contributed by atoms with van der Waals surface area (Å²) in [5.41, 5.74) is 5.75. The maximum atomic E-state index is 13.5. The smallest absolute Gasteiger partial charge is 0.253 e. The number of piperidine rings is 1. The van der Waals surface area contributed by atoms with Crippen LogP contribution in [0.4, 0.5) is 5.00 Å². The Hall–Kier alpha value is -3.07. The first-order valence-corrected chi connectivity index (χ1v) is 15.6. The summed E-state index contributed by atoms with van der Waals surface area (Å²) in [4.78, 5) is 39.0. The van der Waals surface area contributed by atoms with Gasteiger partial charge in [0.2, 0.25) is 0 Å². The van der Waals surface area contributed by atoms with Crippen molar-refractivity contribution in [1.82, 2.24) is 14.8 Å². The predicted octanol–water partition coefficient (Wildman–Crippen LogP) is 5.64. The molecule has 2 saturated heterocycles. The summed E-state index contributed by atoms with van der Waals surface area (Å²) in [7, 11) is 4.07. The van der Waals surface area contributed by atoms with Gasteiger partial charge in [-0.05, 0) is 80.2 Å². The van der Waals surface area contributed by atoms with E-state index in [1.54, 1.807) is 11.3 Å². The molecule has 2 aliphatic heterocycles. The SMILES string of the molecule is CN1CCC(N(C)C(=O)c2cccc(-c3cc(-c4c(N5CCOCC5)sc5c4CC(C)(C)CC5=O)ccn3)c2)CC1. The molecule has 0 saturated carbocycles. The zero-order valence-corrected chi connectivity index (χ0v) is 25.4. The zero-order chi connectivity index (χ0) is 28.7. The lowest BCUT2D eigenvalue weighted by atomic mass is 9.75. The highest BCUT2D eigenvalue weighted by atomic mass is 32.1. The second-order valence-electron chi connectivity index (χ2n) is 12.6. The Morgan fingerprint density at radius 3 is 2.56 bits per heavy atom. The number of ketones is 1. The van der Waals surface area contributed by atoms with E-state index in [1.807, 2.05) is 42.4 Å². The van der Waals surface area contributed by atoms with Gasteiger partial charge in [0.1, 0.15) is 0 Å². The largest absolute Gasteiger partial charge is 0.378 e. The summed E-state index contributed by atoms with van der Waals surface area (Å²) < 4.78 is 5.64. The molecule has 0 spiro atoms. The summed E-state index contributed by atoms with van der Waals surface area (Å²) in [5, 5.41) is 1.16. The van der Waals surface area contributed by atoms with Gasteiger partial charge in [0.15, 0.2) is 5.78 Å². The Balaban J connectivity index is 1.35. The number of ether oxygens (including phenoxy) is 1. The van der Waals surface area contributed by atoms with E-state index < -0.39 is 0 Å². The van der Waals surface area contributed by atoms with E-state index in [1.165, 1.54) is 5.56 Å². The van der Waals surface area contributed by atoms with Crippen LogP contribution in [-0.2, 0) is 11.2 Å². The molecule has 1 aliphatic carbocycles. The van der Waals surface area contributed by atoms with Crippen molar-refractivity contribution < 1.29 is 14.3 Å². The van der Waals surface area contributed by atoms with E-state index in [4.69, 9.17) is 9.72 Å². The number of amides is 1. The number of Topliss-reactive ketones (excluding diaryl/α,β-unsaturated/α-hetero) is 1. The predicted molar refractivity (Wildman–Crippen MR) is 165 cm³/mol. The molecule has 8 heteroatoms. The van der Waals surface area contributed by atoms with Crippen LogP contribution in [0.2, 0.25) is 0 Å². The fourth-order valence-electron chi connectivity index (χ4n) is 6.50. The van der Waals surface area contributed by atoms with Crippen molar-refractivity contribution in [1.29, 1.82) is 0 Å². The summed E-state index contributed by atoms with van der Waals surface area (Å²) in [6, 6.07) is 12.3. The average molecular weight is 573 g/mol. The highest BCUT2D eigenvalue weighted by molar-refractivity contribution is 7.19. The minimum Gasteiger partial charge on any atom is -0.378 e. The maximum Gasteiger partial charge on any atom is 0.253 e. The van der Waals surface area contributed by atoms with E-state index >= 15 is 0 Å². The van der Waals surface area contributed by atoms with Gasteiger partial charge in [-0.2, -0.15) is 0 Å². The Bertz CT molecular complexity index is 1450. The van der Waals surface area contributed by atoms with Crippen LogP contribution in [0.1, 0.15) is 58.7 Å². The van der Waals surface area contributed by atoms with Gasteiger partial charge < -0.3 is 19.4 Å². The van der Waals surface area contributed by atoms with Crippen LogP contribution in [0.5, 0.6) is 0 Å². The number of fused-ring (bicyclic) bond motifs is 1. The summed E-state index contributed by atoms with van der Waals surface area (Å²) in [6.45, 7) is 9.42. The highest BCUT2D eigenvalue weighted by Crippen LogP contribution is 2.49. The number of aromatic nitrogens is 1. The maximum absolute atomic E-state index is 13.5. The molecule has 1 amide bonds. The molecule has 216 valence electrons. The number of anilines is 1. The molecule has 0 atom stereocenters. The quantitative estimate of drug-likeness (QED) is 0.395. The summed E-state index contributed by atoms with van der Waals surface area (Å²) in [6.07, 6.45) is 5.30. The molecule has 2 fully saturated rings. The van der Waals surface area contributed by atoms with E-state index in [2.05, 4.69) is 42.8 Å². The Morgan fingerprint density at radius 1 is 1.05 bits per heavy atom. The zero-order valence-electron chi connectivity index (χ0n) is 24.6. The fourth-order valence-corrected chi connectivity index (χ4v) is 7.83. The van der Waals surface area contributed by atoms with Crippen LogP contribution in [0, 0.1) is 5.41 Å². The number of carbonyl (C=O) groups is 2. The van der Waals surface area contributed by atoms with Gasteiger partial charge in [0.05, 0.1) is 28.8 Å². The van der Waals surface area contributed by atoms with Crippen molar-refractivity contribution in [2.75, 3.05) is 58.4 Å². The van der Waals surface area contributed by atoms with E-state index in [0.717, 1.165) is 77.7 Å². The summed E-state index contributed by atoms with van der Waals surface area (Å²) in [5.74, 6) is 0.302. The van der Waals surface area contributed by atoms with E-state index in [0.29, 0.717) is 25.2 Å². The normalized spacial score (nSPS) is 19.7. The number of hydrogen-bond donors (Lipinski definition) is 0. The molecule has 2 aromatic heterocycles. The van der Waals surface area contributed by atoms with Crippen LogP contribution in [-0.4, -0.2) is 86.0 Å². The monoisotopic (exact) mass is 572 g/mol. The number of morpholine rings is 1. The average Bonchev–Trinajstić information content (AvgIpc) is 3.36. The van der Waals surface area contributed by atoms with Gasteiger partial charge in [-0.3, -0.25) is 14.6 Å². The van der Waals surface area contributed by atoms with Crippen molar-refractivity contribution in [2.45, 2.75) is 45.6 Å². The lowest BCUT2D eigenvalue weighted by Gasteiger charge is -2.35. The van der Waals surface area contributed by atoms with Gasteiger partial charge in [0, 0.05) is 55.5 Å². The van der Waals surface area contributed by atoms with Crippen LogP contribution in [0.3, 0.4) is 0 Å². The number of pyridine rings is 1. The number of thiophene rings is 1. The van der Waals surface area contributed by atoms with Crippen LogP contribution < -0.4 is 4.90 Å². The molecule has 1 aromatic carbocycles. The Labute approximate surface area is 247 Å². The van der Waals surface area contributed by atoms with Crippen LogP contribution in [0.15, 0.2) is 42.6 Å². The molecular weight excluding hydrogens is 532 g/mol. The molecule has 4 heterocycles. The van der Waals surface area contributed by atoms with Crippen molar-refractivity contribution in [3.63, 3.8) is 0 Å². The number of benzene rings is 1. The first-order valence-electron chi connectivity index (χ1n) is 14.7. The molecule has 41 heavy (non-hydrogen) atoms. The van der Waals surface area contributed by atoms with Gasteiger partial charge in [-0.15, -0.1) is 11.3 Å². The fraction of sp³-hybridized carbons (Fsp3) is 0.485. The molecule has 0 N–H and O–H groups in total. The van der Waals surface area contributed by atoms with E-state index in [9.17, 15) is 9.59 Å². The lowest BCUT2D eigenvalue weighted by molar-refractivity contribution is 0.0659. The van der Waals surface area contributed by atoms with Gasteiger partial charge >= 0.3 is 0 Å². The van der Waals surface area contributed by atoms with Crippen LogP contribution >= 0.6 is 11.3 Å². The number of hydrogen-bond acceptors (Lipinski definition) is 7. The molecule has 0 bridgehead atoms. The second kappa shape index (κ2) is 11.3. The Kier molecular flexibility index (Phi) is 7.74. The topological polar surface area (TPSA) is 66.0 Å². The minimum absolute atomic E-state index is 0.0554. The molecule has 7 nitrogen and oxygen atoms in total. The molecular formula is C33H40N4O3S. The second-order valence-corrected chi connectivity index (χ2v) is 13.6. The number of carbonyl (C=O) groups excluding carboxylic acids is 2. The molecule has 3 aromatic rings. The van der Waals surface area contributed by atoms with Crippen molar-refractivity contribution >= 4 is 28.0 Å². The molecule has 3 aliphatic rings. The van der Waals surface area contributed by atoms with Crippen LogP contribution in [0.25, 0.3) is 22.4 Å². The minimum atomic E-state index is -0.0769. The van der Waals surface area contributed by atoms with Crippen molar-refractivity contribution in [3.05, 3.63) is 58.6 Å². The highest BCUT2D eigenvalue weighted by Gasteiger charge is 2.37. The molecule has 0 radical (unpaired) electrons. The lowest BCUT2D eigenvalue weighted by Crippen LogP contribution is -2.44. The number of nitrogens with zero attached hydrogens (tertiary/aromatic N) is 4. The van der Waals surface area contributed by atoms with Crippen molar-refractivity contribution in [2.24, 2.45) is 5.41 Å². The van der Waals surface area contributed by atoms with Gasteiger partial charge in [-0.25, -0.2) is 0 Å².